The summed E-state index contributed by atoms with van der Waals surface area (Å²) in [5, 5.41) is 0. The summed E-state index contributed by atoms with van der Waals surface area (Å²) in [6, 6.07) is 7.85. The van der Waals surface area contributed by atoms with Crippen molar-refractivity contribution in [2.75, 3.05) is 44.4 Å². The van der Waals surface area contributed by atoms with Crippen molar-refractivity contribution in [3.05, 3.63) is 30.1 Å². The molecule has 1 aliphatic heterocycles. The van der Waals surface area contributed by atoms with E-state index >= 15 is 0 Å². The first-order chi connectivity index (χ1) is 13.0. The largest absolute Gasteiger partial charge is 0.490 e. The Morgan fingerprint density at radius 1 is 1.11 bits per heavy atom. The first-order valence-corrected chi connectivity index (χ1v) is 9.33. The predicted octanol–water partition coefficient (Wildman–Crippen LogP) is 1.96. The lowest BCUT2D eigenvalue weighted by Gasteiger charge is -2.32. The Morgan fingerprint density at radius 2 is 1.81 bits per heavy atom. The molecule has 1 aromatic heterocycles. The molecule has 0 amide bonds. The number of piperidine rings is 1. The summed E-state index contributed by atoms with van der Waals surface area (Å²) < 4.78 is 11.8. The second kappa shape index (κ2) is 8.85. The van der Waals surface area contributed by atoms with Gasteiger partial charge in [0, 0.05) is 27.2 Å². The van der Waals surface area contributed by atoms with Crippen LogP contribution in [0, 0.1) is 0 Å². The number of para-hydroxylation sites is 2. The smallest absolute Gasteiger partial charge is 0.229 e. The van der Waals surface area contributed by atoms with Crippen molar-refractivity contribution < 1.29 is 9.47 Å². The fourth-order valence-electron chi connectivity index (χ4n) is 3.08. The molecule has 0 atom stereocenters. The van der Waals surface area contributed by atoms with E-state index in [1.807, 2.05) is 50.2 Å². The topological polar surface area (TPSA) is 89.6 Å². The third-order valence-corrected chi connectivity index (χ3v) is 4.43. The summed E-state index contributed by atoms with van der Waals surface area (Å²) in [5.41, 5.74) is 5.81. The van der Waals surface area contributed by atoms with Gasteiger partial charge in [-0.25, -0.2) is 0 Å². The molecule has 27 heavy (non-hydrogen) atoms. The van der Waals surface area contributed by atoms with Crippen LogP contribution in [0.1, 0.15) is 25.6 Å². The second-order valence-corrected chi connectivity index (χ2v) is 6.78. The molecule has 8 nitrogen and oxygen atoms in total. The van der Waals surface area contributed by atoms with E-state index in [0.29, 0.717) is 24.9 Å². The number of aromatic nitrogens is 3. The molecule has 1 aliphatic rings. The molecule has 8 heteroatoms. The lowest BCUT2D eigenvalue weighted by atomic mass is 10.1. The average Bonchev–Trinajstić information content (AvgIpc) is 2.64. The fraction of sp³-hybridized carbons (Fsp3) is 0.526. The molecule has 0 unspecified atom stereocenters. The minimum atomic E-state index is 0.184. The molecule has 0 bridgehead atoms. The molecule has 2 heterocycles. The van der Waals surface area contributed by atoms with Crippen LogP contribution >= 0.6 is 0 Å². The maximum atomic E-state index is 6.19. The second-order valence-electron chi connectivity index (χ2n) is 6.78. The van der Waals surface area contributed by atoms with E-state index in [2.05, 4.69) is 19.9 Å². The van der Waals surface area contributed by atoms with Gasteiger partial charge in [-0.15, -0.1) is 0 Å². The molecule has 146 valence electrons. The van der Waals surface area contributed by atoms with Crippen LogP contribution in [0.3, 0.4) is 0 Å². The van der Waals surface area contributed by atoms with Gasteiger partial charge in [0.05, 0.1) is 13.2 Å². The van der Waals surface area contributed by atoms with Crippen LogP contribution in [-0.4, -0.2) is 59.7 Å². The van der Waals surface area contributed by atoms with E-state index in [4.69, 9.17) is 15.2 Å². The number of rotatable bonds is 7. The van der Waals surface area contributed by atoms with Gasteiger partial charge in [0.15, 0.2) is 11.5 Å². The molecule has 0 radical (unpaired) electrons. The molecule has 2 N–H and O–H groups in total. The van der Waals surface area contributed by atoms with E-state index in [9.17, 15) is 0 Å². The summed E-state index contributed by atoms with van der Waals surface area (Å²) in [6.07, 6.45) is 2.08. The van der Waals surface area contributed by atoms with Crippen LogP contribution in [-0.2, 0) is 6.54 Å². The van der Waals surface area contributed by atoms with Gasteiger partial charge < -0.3 is 20.1 Å². The minimum absolute atomic E-state index is 0.184. The number of nitrogens with zero attached hydrogens (tertiary/aromatic N) is 5. The summed E-state index contributed by atoms with van der Waals surface area (Å²) >= 11 is 0. The van der Waals surface area contributed by atoms with Gasteiger partial charge in [-0.1, -0.05) is 12.1 Å². The molecular weight excluding hydrogens is 344 g/mol. The zero-order valence-electron chi connectivity index (χ0n) is 16.3. The number of nitrogens with two attached hydrogens (primary N) is 1. The Bertz CT molecular complexity index is 747. The highest BCUT2D eigenvalue weighted by atomic mass is 16.5. The third kappa shape index (κ3) is 5.19. The zero-order valence-corrected chi connectivity index (χ0v) is 16.3. The Labute approximate surface area is 160 Å². The lowest BCUT2D eigenvalue weighted by molar-refractivity contribution is 0.0923. The number of nitrogen functional groups attached to an aromatic ring is 1. The normalized spacial score (nSPS) is 15.5. The molecule has 0 spiro atoms. The highest BCUT2D eigenvalue weighted by molar-refractivity contribution is 5.39. The number of hydrogen-bond acceptors (Lipinski definition) is 8. The van der Waals surface area contributed by atoms with E-state index in [1.54, 1.807) is 0 Å². The van der Waals surface area contributed by atoms with Gasteiger partial charge in [0.2, 0.25) is 11.9 Å². The first-order valence-electron chi connectivity index (χ1n) is 9.33. The van der Waals surface area contributed by atoms with Crippen molar-refractivity contribution in [3.63, 3.8) is 0 Å². The van der Waals surface area contributed by atoms with E-state index in [0.717, 1.165) is 37.4 Å². The van der Waals surface area contributed by atoms with Crippen molar-refractivity contribution in [2.24, 2.45) is 0 Å². The standard InChI is InChI=1S/C19H28N6O2/c1-4-26-15-7-5-6-8-16(15)27-14-9-11-25(12-10-14)13-17-21-18(20)23-19(22-17)24(2)3/h5-8,14H,4,9-13H2,1-3H3,(H2,20,21,22,23). The molecule has 0 saturated carbocycles. The third-order valence-electron chi connectivity index (χ3n) is 4.43. The van der Waals surface area contributed by atoms with Crippen molar-refractivity contribution in [3.8, 4) is 11.5 Å². The van der Waals surface area contributed by atoms with Crippen LogP contribution in [0.15, 0.2) is 24.3 Å². The van der Waals surface area contributed by atoms with Crippen LogP contribution in [0.4, 0.5) is 11.9 Å². The Morgan fingerprint density at radius 3 is 2.48 bits per heavy atom. The summed E-state index contributed by atoms with van der Waals surface area (Å²) in [6.45, 7) is 5.11. The molecule has 1 fully saturated rings. The van der Waals surface area contributed by atoms with Crippen molar-refractivity contribution in [1.82, 2.24) is 19.9 Å². The van der Waals surface area contributed by atoms with Crippen LogP contribution < -0.4 is 20.1 Å². The average molecular weight is 372 g/mol. The fourth-order valence-corrected chi connectivity index (χ4v) is 3.08. The predicted molar refractivity (Wildman–Crippen MR) is 105 cm³/mol. The Kier molecular flexibility index (Phi) is 6.28. The van der Waals surface area contributed by atoms with Gasteiger partial charge in [0.25, 0.3) is 0 Å². The summed E-state index contributed by atoms with van der Waals surface area (Å²) in [4.78, 5) is 17.0. The van der Waals surface area contributed by atoms with Crippen molar-refractivity contribution in [1.29, 1.82) is 0 Å². The van der Waals surface area contributed by atoms with Gasteiger partial charge in [-0.3, -0.25) is 4.90 Å². The van der Waals surface area contributed by atoms with Gasteiger partial charge >= 0.3 is 0 Å². The monoisotopic (exact) mass is 372 g/mol. The quantitative estimate of drug-likeness (QED) is 0.789. The molecular formula is C19H28N6O2. The zero-order chi connectivity index (χ0) is 19.2. The number of likely N-dealkylation sites (tertiary alicyclic amines) is 1. The molecule has 2 aromatic rings. The van der Waals surface area contributed by atoms with E-state index < -0.39 is 0 Å². The highest BCUT2D eigenvalue weighted by Gasteiger charge is 2.22. The van der Waals surface area contributed by atoms with Crippen LogP contribution in [0.25, 0.3) is 0 Å². The van der Waals surface area contributed by atoms with Crippen LogP contribution in [0.5, 0.6) is 11.5 Å². The Balaban J connectivity index is 1.55. The van der Waals surface area contributed by atoms with E-state index in [1.165, 1.54) is 0 Å². The maximum absolute atomic E-state index is 6.19. The lowest BCUT2D eigenvalue weighted by Crippen LogP contribution is -2.38. The molecule has 3 rings (SSSR count). The number of benzene rings is 1. The first kappa shape index (κ1) is 19.2. The SMILES string of the molecule is CCOc1ccccc1OC1CCN(Cc2nc(N)nc(N(C)C)n2)CC1. The van der Waals surface area contributed by atoms with Crippen molar-refractivity contribution >= 4 is 11.9 Å². The summed E-state index contributed by atoms with van der Waals surface area (Å²) in [5.74, 6) is 3.17. The van der Waals surface area contributed by atoms with Gasteiger partial charge in [-0.2, -0.15) is 15.0 Å². The minimum Gasteiger partial charge on any atom is -0.490 e. The van der Waals surface area contributed by atoms with Gasteiger partial charge in [0.1, 0.15) is 11.9 Å². The van der Waals surface area contributed by atoms with Crippen LogP contribution in [0.2, 0.25) is 0 Å². The molecule has 0 aliphatic carbocycles. The van der Waals surface area contributed by atoms with E-state index in [-0.39, 0.29) is 12.1 Å². The maximum Gasteiger partial charge on any atom is 0.229 e. The Hall–Kier alpha value is -2.61. The molecule has 1 aromatic carbocycles. The number of hydrogen-bond donors (Lipinski definition) is 1. The van der Waals surface area contributed by atoms with Gasteiger partial charge in [-0.05, 0) is 31.9 Å². The molecule has 1 saturated heterocycles. The number of anilines is 2. The van der Waals surface area contributed by atoms with Crippen molar-refractivity contribution in [2.45, 2.75) is 32.4 Å². The highest BCUT2D eigenvalue weighted by Crippen LogP contribution is 2.29. The summed E-state index contributed by atoms with van der Waals surface area (Å²) in [7, 11) is 3.78. The number of ether oxygens (including phenoxy) is 2.